The van der Waals surface area contributed by atoms with Crippen molar-refractivity contribution in [3.8, 4) is 11.4 Å². The molecule has 37 heavy (non-hydrogen) atoms. The molecule has 1 aromatic carbocycles. The lowest BCUT2D eigenvalue weighted by atomic mass is 9.83. The monoisotopic (exact) mass is 520 g/mol. The fourth-order valence-corrected chi connectivity index (χ4v) is 6.27. The second kappa shape index (κ2) is 10.9. The molecular weight excluding hydrogens is 484 g/mol. The van der Waals surface area contributed by atoms with Crippen molar-refractivity contribution in [2.24, 2.45) is 5.92 Å². The normalized spacial score (nSPS) is 15.5. The minimum atomic E-state index is -0.618. The van der Waals surface area contributed by atoms with Crippen molar-refractivity contribution in [2.75, 3.05) is 43.4 Å². The van der Waals surface area contributed by atoms with E-state index in [9.17, 15) is 10.2 Å². The van der Waals surface area contributed by atoms with Gasteiger partial charge in [-0.3, -0.25) is 4.90 Å². The third kappa shape index (κ3) is 5.55. The van der Waals surface area contributed by atoms with Crippen LogP contribution in [0.25, 0.3) is 32.4 Å². The number of pyridine rings is 1. The molecule has 8 nitrogen and oxygen atoms in total. The van der Waals surface area contributed by atoms with Crippen LogP contribution in [0.2, 0.25) is 0 Å². The molecule has 1 aliphatic heterocycles. The van der Waals surface area contributed by atoms with Gasteiger partial charge in [0.05, 0.1) is 22.4 Å². The summed E-state index contributed by atoms with van der Waals surface area (Å²) in [6, 6.07) is 10.4. The molecule has 0 aliphatic carbocycles. The highest BCUT2D eigenvalue weighted by Gasteiger charge is 2.30. The molecular formula is C28H36N6O2S. The fourth-order valence-electron chi connectivity index (χ4n) is 5.17. The Kier molecular flexibility index (Phi) is 7.57. The Morgan fingerprint density at radius 3 is 2.54 bits per heavy atom. The van der Waals surface area contributed by atoms with E-state index in [4.69, 9.17) is 9.97 Å². The van der Waals surface area contributed by atoms with Crippen LogP contribution >= 0.6 is 11.3 Å². The Morgan fingerprint density at radius 1 is 1.08 bits per heavy atom. The highest BCUT2D eigenvalue weighted by molar-refractivity contribution is 7.19. The van der Waals surface area contributed by atoms with Crippen molar-refractivity contribution in [3.05, 3.63) is 41.4 Å². The van der Waals surface area contributed by atoms with Crippen molar-refractivity contribution in [2.45, 2.75) is 45.8 Å². The molecule has 196 valence electrons. The van der Waals surface area contributed by atoms with E-state index >= 15 is 0 Å². The van der Waals surface area contributed by atoms with Crippen LogP contribution in [0.5, 0.6) is 0 Å². The van der Waals surface area contributed by atoms with Crippen molar-refractivity contribution in [3.63, 3.8) is 0 Å². The Hall–Kier alpha value is -2.85. The minimum absolute atomic E-state index is 0.0249. The molecule has 0 radical (unpaired) electrons. The van der Waals surface area contributed by atoms with Gasteiger partial charge < -0.3 is 20.8 Å². The summed E-state index contributed by atoms with van der Waals surface area (Å²) in [4.78, 5) is 18.3. The molecule has 0 spiro atoms. The molecule has 1 saturated heterocycles. The van der Waals surface area contributed by atoms with E-state index in [1.807, 2.05) is 32.2 Å². The molecule has 0 unspecified atom stereocenters. The lowest BCUT2D eigenvalue weighted by Crippen LogP contribution is -2.41. The summed E-state index contributed by atoms with van der Waals surface area (Å²) in [6.45, 7) is 9.95. The maximum Gasteiger partial charge on any atom is 0.164 e. The molecule has 3 aromatic heterocycles. The number of nitrogens with one attached hydrogen (secondary N) is 2. The summed E-state index contributed by atoms with van der Waals surface area (Å²) in [5, 5.41) is 28.6. The van der Waals surface area contributed by atoms with Crippen LogP contribution in [-0.2, 0) is 6.54 Å². The van der Waals surface area contributed by atoms with Gasteiger partial charge in [0.1, 0.15) is 11.6 Å². The number of aliphatic hydroxyl groups excluding tert-OH is 1. The van der Waals surface area contributed by atoms with Crippen molar-refractivity contribution in [1.82, 2.24) is 19.9 Å². The SMILES string of the molecule is CCNc1ncc(-c2nc(NCCO)c3sc(CN4CCC(C(C)(C)O)CC4)cc3n2)c2ccccc12. The first-order valence-electron chi connectivity index (χ1n) is 13.1. The average Bonchev–Trinajstić information content (AvgIpc) is 3.30. The molecule has 4 N–H and O–H groups in total. The van der Waals surface area contributed by atoms with Crippen LogP contribution in [0.1, 0.15) is 38.5 Å². The number of hydrogen-bond donors (Lipinski definition) is 4. The number of benzene rings is 1. The highest BCUT2D eigenvalue weighted by atomic mass is 32.1. The number of thiophene rings is 1. The number of aromatic nitrogens is 3. The zero-order valence-corrected chi connectivity index (χ0v) is 22.6. The third-order valence-corrected chi connectivity index (χ3v) is 8.29. The van der Waals surface area contributed by atoms with Crippen LogP contribution in [0, 0.1) is 5.92 Å². The Labute approximate surface area is 221 Å². The Balaban J connectivity index is 1.48. The predicted molar refractivity (Wildman–Crippen MR) is 152 cm³/mol. The van der Waals surface area contributed by atoms with Gasteiger partial charge >= 0.3 is 0 Å². The summed E-state index contributed by atoms with van der Waals surface area (Å²) in [7, 11) is 0. The topological polar surface area (TPSA) is 106 Å². The minimum Gasteiger partial charge on any atom is -0.395 e. The lowest BCUT2D eigenvalue weighted by molar-refractivity contribution is -0.0134. The van der Waals surface area contributed by atoms with E-state index in [2.05, 4.69) is 45.6 Å². The molecule has 4 aromatic rings. The van der Waals surface area contributed by atoms with Gasteiger partial charge in [0, 0.05) is 41.7 Å². The Morgan fingerprint density at radius 2 is 1.84 bits per heavy atom. The molecule has 4 heterocycles. The molecule has 1 aliphatic rings. The van der Waals surface area contributed by atoms with Crippen molar-refractivity contribution >= 4 is 44.0 Å². The van der Waals surface area contributed by atoms with E-state index < -0.39 is 5.60 Å². The molecule has 1 fully saturated rings. The zero-order chi connectivity index (χ0) is 26.0. The number of anilines is 2. The Bertz CT molecular complexity index is 1370. The summed E-state index contributed by atoms with van der Waals surface area (Å²) in [5.41, 5.74) is 1.16. The number of hydrogen-bond acceptors (Lipinski definition) is 9. The summed E-state index contributed by atoms with van der Waals surface area (Å²) < 4.78 is 1.00. The van der Waals surface area contributed by atoms with Crippen LogP contribution in [-0.4, -0.2) is 68.5 Å². The number of nitrogens with zero attached hydrogens (tertiary/aromatic N) is 4. The smallest absolute Gasteiger partial charge is 0.164 e. The molecule has 0 amide bonds. The first-order chi connectivity index (χ1) is 17.9. The molecule has 0 atom stereocenters. The predicted octanol–water partition coefficient (Wildman–Crippen LogP) is 4.73. The van der Waals surface area contributed by atoms with Gasteiger partial charge in [0.15, 0.2) is 5.82 Å². The van der Waals surface area contributed by atoms with Crippen LogP contribution < -0.4 is 10.6 Å². The second-order valence-corrected chi connectivity index (χ2v) is 11.4. The van der Waals surface area contributed by atoms with Gasteiger partial charge in [-0.25, -0.2) is 15.0 Å². The molecule has 9 heteroatoms. The molecule has 0 saturated carbocycles. The van der Waals surface area contributed by atoms with Gasteiger partial charge in [0.2, 0.25) is 0 Å². The molecule has 5 rings (SSSR count). The third-order valence-electron chi connectivity index (χ3n) is 7.17. The number of piperidine rings is 1. The van der Waals surface area contributed by atoms with Gasteiger partial charge in [-0.15, -0.1) is 11.3 Å². The summed E-state index contributed by atoms with van der Waals surface area (Å²) in [5.74, 6) is 2.56. The highest BCUT2D eigenvalue weighted by Crippen LogP contribution is 2.36. The number of rotatable bonds is 9. The van der Waals surface area contributed by atoms with Crippen molar-refractivity contribution < 1.29 is 10.2 Å². The first kappa shape index (κ1) is 25.8. The van der Waals surface area contributed by atoms with E-state index in [1.165, 1.54) is 4.88 Å². The van der Waals surface area contributed by atoms with E-state index in [0.29, 0.717) is 18.3 Å². The summed E-state index contributed by atoms with van der Waals surface area (Å²) in [6.07, 6.45) is 3.85. The van der Waals surface area contributed by atoms with Gasteiger partial charge in [-0.2, -0.15) is 0 Å². The number of aliphatic hydroxyl groups is 2. The van der Waals surface area contributed by atoms with E-state index in [1.54, 1.807) is 11.3 Å². The maximum atomic E-state index is 10.4. The van der Waals surface area contributed by atoms with Crippen LogP contribution in [0.3, 0.4) is 0 Å². The fraction of sp³-hybridized carbons (Fsp3) is 0.464. The first-order valence-corrected chi connectivity index (χ1v) is 13.9. The van der Waals surface area contributed by atoms with Crippen molar-refractivity contribution in [1.29, 1.82) is 0 Å². The lowest BCUT2D eigenvalue weighted by Gasteiger charge is -2.37. The quantitative estimate of drug-likeness (QED) is 0.251. The molecule has 0 bridgehead atoms. The van der Waals surface area contributed by atoms with E-state index in [-0.39, 0.29) is 6.61 Å². The zero-order valence-electron chi connectivity index (χ0n) is 21.8. The largest absolute Gasteiger partial charge is 0.395 e. The maximum absolute atomic E-state index is 10.4. The average molecular weight is 521 g/mol. The second-order valence-electron chi connectivity index (χ2n) is 10.3. The standard InChI is InChI=1S/C28H36N6O2S/c1-4-29-25-21-8-6-5-7-20(21)22(16-31-25)26-32-23-15-19(37-24(23)27(33-26)30-11-14-35)17-34-12-9-18(10-13-34)28(2,3)36/h5-8,15-16,18,35-36H,4,9-14,17H2,1-3H3,(H,29,31)(H,30,32,33). The summed E-state index contributed by atoms with van der Waals surface area (Å²) >= 11 is 1.71. The number of likely N-dealkylation sites (tertiary alicyclic amines) is 1. The van der Waals surface area contributed by atoms with Gasteiger partial charge in [-0.05, 0) is 64.1 Å². The number of fused-ring (bicyclic) bond motifs is 2. The van der Waals surface area contributed by atoms with Gasteiger partial charge in [-0.1, -0.05) is 24.3 Å². The van der Waals surface area contributed by atoms with E-state index in [0.717, 1.165) is 77.2 Å². The van der Waals surface area contributed by atoms with Crippen LogP contribution in [0.15, 0.2) is 36.5 Å². The van der Waals surface area contributed by atoms with Crippen LogP contribution in [0.4, 0.5) is 11.6 Å². The van der Waals surface area contributed by atoms with Gasteiger partial charge in [0.25, 0.3) is 0 Å².